The molecule has 76 valence electrons. The van der Waals surface area contributed by atoms with E-state index in [2.05, 4.69) is 41.5 Å². The van der Waals surface area contributed by atoms with Crippen molar-refractivity contribution in [2.24, 2.45) is 11.8 Å². The van der Waals surface area contributed by atoms with Crippen molar-refractivity contribution in [1.82, 2.24) is 0 Å². The molecule has 0 aliphatic rings. The summed E-state index contributed by atoms with van der Waals surface area (Å²) < 4.78 is 0. The lowest BCUT2D eigenvalue weighted by Gasteiger charge is -2.13. The molecule has 0 rings (SSSR count). The van der Waals surface area contributed by atoms with Crippen LogP contribution in [0.15, 0.2) is 11.1 Å². The molecule has 0 radical (unpaired) electrons. The molecule has 0 aromatic heterocycles. The first-order valence-corrected chi connectivity index (χ1v) is 4.86. The summed E-state index contributed by atoms with van der Waals surface area (Å²) in [6.45, 7) is 14.9. The van der Waals surface area contributed by atoms with Gasteiger partial charge in [-0.05, 0) is 25.7 Å². The molecule has 0 aliphatic carbocycles. The van der Waals surface area contributed by atoms with E-state index in [9.17, 15) is 0 Å². The Morgan fingerprint density at radius 2 is 1.08 bits per heavy atom. The van der Waals surface area contributed by atoms with Crippen LogP contribution in [0.1, 0.15) is 48.5 Å². The Morgan fingerprint density at radius 3 is 1.15 bits per heavy atom. The Balaban J connectivity index is 0. The Labute approximate surface area is 83.5 Å². The topological polar surface area (TPSA) is 23.8 Å². The number of rotatable bonds is 2. The molecule has 0 aromatic carbocycles. The van der Waals surface area contributed by atoms with E-state index in [0.29, 0.717) is 11.8 Å². The van der Waals surface area contributed by atoms with Crippen LogP contribution < -0.4 is 0 Å². The molecule has 0 saturated heterocycles. The van der Waals surface area contributed by atoms with Gasteiger partial charge in [-0.3, -0.25) is 0 Å². The van der Waals surface area contributed by atoms with Gasteiger partial charge in [0.2, 0.25) is 0 Å². The normalized spacial score (nSPS) is 11.7. The van der Waals surface area contributed by atoms with Crippen LogP contribution in [0.5, 0.6) is 0 Å². The van der Waals surface area contributed by atoms with E-state index >= 15 is 0 Å². The summed E-state index contributed by atoms with van der Waals surface area (Å²) in [5, 5.41) is 7.32. The molecule has 0 aromatic rings. The number of hydrogen-bond donors (Lipinski definition) is 0. The van der Waals surface area contributed by atoms with Gasteiger partial charge in [0.15, 0.2) is 0 Å². The third kappa shape index (κ3) is 7.59. The van der Waals surface area contributed by atoms with E-state index < -0.39 is 0 Å². The Hall–Kier alpha value is -0.770. The third-order valence-corrected chi connectivity index (χ3v) is 2.35. The zero-order chi connectivity index (χ0) is 11.0. The maximum Gasteiger partial charge on any atom is 0.0587 e. The van der Waals surface area contributed by atoms with Crippen LogP contribution in [-0.4, -0.2) is 0 Å². The molecule has 0 aliphatic heterocycles. The molecular formula is C12H23N. The summed E-state index contributed by atoms with van der Waals surface area (Å²) >= 11 is 0. The highest BCUT2D eigenvalue weighted by Gasteiger charge is 2.03. The Morgan fingerprint density at radius 1 is 0.923 bits per heavy atom. The van der Waals surface area contributed by atoms with Gasteiger partial charge in [-0.15, -0.1) is 0 Å². The summed E-state index contributed by atoms with van der Waals surface area (Å²) in [4.78, 5) is 0. The molecule has 0 unspecified atom stereocenters. The third-order valence-electron chi connectivity index (χ3n) is 2.35. The second-order valence-electron chi connectivity index (χ2n) is 3.90. The lowest BCUT2D eigenvalue weighted by atomic mass is 9.93. The van der Waals surface area contributed by atoms with E-state index in [1.165, 1.54) is 6.92 Å². The molecule has 0 amide bonds. The number of allylic oxidation sites excluding steroid dienone is 2. The molecule has 0 bridgehead atoms. The van der Waals surface area contributed by atoms with E-state index in [1.807, 2.05) is 0 Å². The molecule has 0 spiro atoms. The molecule has 0 saturated carbocycles. The largest absolute Gasteiger partial charge is 0.199 e. The molecule has 1 heteroatoms. The number of nitrogens with zero attached hydrogens (tertiary/aromatic N) is 1. The minimum Gasteiger partial charge on any atom is -0.199 e. The van der Waals surface area contributed by atoms with Crippen molar-refractivity contribution >= 4 is 0 Å². The van der Waals surface area contributed by atoms with Gasteiger partial charge in [-0.2, -0.15) is 5.26 Å². The first-order valence-electron chi connectivity index (χ1n) is 4.86. The lowest BCUT2D eigenvalue weighted by molar-refractivity contribution is 0.691. The van der Waals surface area contributed by atoms with Crippen molar-refractivity contribution in [1.29, 1.82) is 5.26 Å². The zero-order valence-electron chi connectivity index (χ0n) is 10.1. The van der Waals surface area contributed by atoms with Crippen molar-refractivity contribution in [3.8, 4) is 6.07 Å². The van der Waals surface area contributed by atoms with Crippen LogP contribution in [0, 0.1) is 23.2 Å². The molecule has 0 N–H and O–H groups in total. The van der Waals surface area contributed by atoms with Gasteiger partial charge in [0.1, 0.15) is 0 Å². The van der Waals surface area contributed by atoms with Crippen LogP contribution in [0.2, 0.25) is 0 Å². The van der Waals surface area contributed by atoms with Crippen molar-refractivity contribution in [2.75, 3.05) is 0 Å². The number of nitriles is 1. The van der Waals surface area contributed by atoms with Gasteiger partial charge in [-0.1, -0.05) is 38.8 Å². The molecule has 0 fully saturated rings. The predicted octanol–water partition coefficient (Wildman–Crippen LogP) is 4.16. The Kier molecular flexibility index (Phi) is 8.91. The fraction of sp³-hybridized carbons (Fsp3) is 0.750. The van der Waals surface area contributed by atoms with Crippen LogP contribution in [-0.2, 0) is 0 Å². The predicted molar refractivity (Wildman–Crippen MR) is 59.3 cm³/mol. The van der Waals surface area contributed by atoms with E-state index in [-0.39, 0.29) is 0 Å². The molecule has 0 heterocycles. The van der Waals surface area contributed by atoms with Crippen LogP contribution in [0.25, 0.3) is 0 Å². The maximum absolute atomic E-state index is 7.32. The average Bonchev–Trinajstić information content (AvgIpc) is 2.03. The Bertz CT molecular complexity index is 176. The standard InChI is InChI=1S/C10H20.C2H3N/c1-7(2)9(5)10(6)8(3)4;1-2-3/h7-8H,1-6H3;1H3/b10-9-;. The molecule has 1 nitrogen and oxygen atoms in total. The first-order chi connectivity index (χ1) is 5.88. The first kappa shape index (κ1) is 14.7. The second-order valence-corrected chi connectivity index (χ2v) is 3.90. The summed E-state index contributed by atoms with van der Waals surface area (Å²) in [5.74, 6) is 1.42. The minimum absolute atomic E-state index is 0.711. The number of hydrogen-bond acceptors (Lipinski definition) is 1. The van der Waals surface area contributed by atoms with Gasteiger partial charge >= 0.3 is 0 Å². The molecule has 13 heavy (non-hydrogen) atoms. The maximum atomic E-state index is 7.32. The van der Waals surface area contributed by atoms with Crippen LogP contribution in [0.3, 0.4) is 0 Å². The van der Waals surface area contributed by atoms with Gasteiger partial charge < -0.3 is 0 Å². The second kappa shape index (κ2) is 7.86. The highest BCUT2D eigenvalue weighted by atomic mass is 14.2. The lowest BCUT2D eigenvalue weighted by Crippen LogP contribution is -1.98. The van der Waals surface area contributed by atoms with Gasteiger partial charge in [-0.25, -0.2) is 0 Å². The fourth-order valence-corrected chi connectivity index (χ4v) is 0.911. The SMILES string of the molecule is C/C(=C(\C)C(C)C)C(C)C.CC#N. The smallest absolute Gasteiger partial charge is 0.0587 e. The zero-order valence-corrected chi connectivity index (χ0v) is 10.1. The fourth-order valence-electron chi connectivity index (χ4n) is 0.911. The van der Waals surface area contributed by atoms with Crippen molar-refractivity contribution < 1.29 is 0 Å². The summed E-state index contributed by atoms with van der Waals surface area (Å²) in [6.07, 6.45) is 0. The minimum atomic E-state index is 0.711. The highest BCUT2D eigenvalue weighted by molar-refractivity contribution is 5.13. The van der Waals surface area contributed by atoms with Crippen molar-refractivity contribution in [2.45, 2.75) is 48.5 Å². The van der Waals surface area contributed by atoms with E-state index in [1.54, 1.807) is 17.2 Å². The van der Waals surface area contributed by atoms with Crippen molar-refractivity contribution in [3.05, 3.63) is 11.1 Å². The van der Waals surface area contributed by atoms with Gasteiger partial charge in [0.25, 0.3) is 0 Å². The molecule has 0 atom stereocenters. The van der Waals surface area contributed by atoms with E-state index in [0.717, 1.165) is 0 Å². The van der Waals surface area contributed by atoms with Crippen LogP contribution in [0.4, 0.5) is 0 Å². The molecular weight excluding hydrogens is 158 g/mol. The van der Waals surface area contributed by atoms with Gasteiger partial charge in [0, 0.05) is 6.92 Å². The summed E-state index contributed by atoms with van der Waals surface area (Å²) in [6, 6.07) is 1.75. The summed E-state index contributed by atoms with van der Waals surface area (Å²) in [7, 11) is 0. The summed E-state index contributed by atoms with van der Waals surface area (Å²) in [5.41, 5.74) is 3.10. The van der Waals surface area contributed by atoms with Gasteiger partial charge in [0.05, 0.1) is 6.07 Å². The highest BCUT2D eigenvalue weighted by Crippen LogP contribution is 2.19. The average molecular weight is 181 g/mol. The monoisotopic (exact) mass is 181 g/mol. The quantitative estimate of drug-likeness (QED) is 0.587. The van der Waals surface area contributed by atoms with Crippen molar-refractivity contribution in [3.63, 3.8) is 0 Å². The van der Waals surface area contributed by atoms with Crippen LogP contribution >= 0.6 is 0 Å². The van der Waals surface area contributed by atoms with E-state index in [4.69, 9.17) is 5.26 Å².